The summed E-state index contributed by atoms with van der Waals surface area (Å²) in [7, 11) is 0. The van der Waals surface area contributed by atoms with Crippen LogP contribution in [0.3, 0.4) is 0 Å². The summed E-state index contributed by atoms with van der Waals surface area (Å²) in [5, 5.41) is 9.33. The average molecular weight is 279 g/mol. The fraction of sp³-hybridized carbons (Fsp3) is 0.800. The van der Waals surface area contributed by atoms with Crippen molar-refractivity contribution in [3.05, 3.63) is 0 Å². The van der Waals surface area contributed by atoms with E-state index < -0.39 is 17.5 Å². The van der Waals surface area contributed by atoms with Crippen LogP contribution >= 0.6 is 0 Å². The highest BCUT2D eigenvalue weighted by Gasteiger charge is 2.58. The van der Waals surface area contributed by atoms with Crippen LogP contribution in [0, 0.1) is 29.1 Å². The summed E-state index contributed by atoms with van der Waals surface area (Å²) < 4.78 is 22.7. The summed E-state index contributed by atoms with van der Waals surface area (Å²) in [5.74, 6) is 1.54. The van der Waals surface area contributed by atoms with E-state index >= 15 is 0 Å². The van der Waals surface area contributed by atoms with Gasteiger partial charge < -0.3 is 18.9 Å². The maximum Gasteiger partial charge on any atom is 0.284 e. The highest BCUT2D eigenvalue weighted by Crippen LogP contribution is 2.45. The normalized spacial score (nSPS) is 35.5. The highest BCUT2D eigenvalue weighted by molar-refractivity contribution is 5.05. The summed E-state index contributed by atoms with van der Waals surface area (Å²) in [6.45, 7) is 3.79. The lowest BCUT2D eigenvalue weighted by atomic mass is 9.82. The van der Waals surface area contributed by atoms with E-state index in [2.05, 4.69) is 12.0 Å². The molecule has 3 aliphatic rings. The van der Waals surface area contributed by atoms with Crippen LogP contribution < -0.4 is 0 Å². The fourth-order valence-corrected chi connectivity index (χ4v) is 2.51. The van der Waals surface area contributed by atoms with Crippen molar-refractivity contribution in [1.82, 2.24) is 0 Å². The van der Waals surface area contributed by atoms with Gasteiger partial charge in [0.2, 0.25) is 0 Å². The summed E-state index contributed by atoms with van der Waals surface area (Å²) >= 11 is 0. The number of ether oxygens (including phenoxy) is 4. The Labute approximate surface area is 120 Å². The van der Waals surface area contributed by atoms with E-state index in [1.54, 1.807) is 0 Å². The molecule has 3 rings (SSSR count). The molecule has 3 saturated heterocycles. The van der Waals surface area contributed by atoms with E-state index in [1.807, 2.05) is 6.92 Å². The summed E-state index contributed by atoms with van der Waals surface area (Å²) in [4.78, 5) is 0. The van der Waals surface area contributed by atoms with Crippen molar-refractivity contribution < 1.29 is 18.9 Å². The summed E-state index contributed by atoms with van der Waals surface area (Å²) in [6.07, 6.45) is 7.75. The number of nitrogens with zero attached hydrogens (tertiary/aromatic N) is 1. The Morgan fingerprint density at radius 3 is 2.70 bits per heavy atom. The molecule has 0 N–H and O–H groups in total. The van der Waals surface area contributed by atoms with Gasteiger partial charge in [-0.25, -0.2) is 0 Å². The van der Waals surface area contributed by atoms with Crippen LogP contribution in [0.2, 0.25) is 0 Å². The van der Waals surface area contributed by atoms with E-state index in [4.69, 9.17) is 25.4 Å². The molecule has 0 saturated carbocycles. The van der Waals surface area contributed by atoms with Gasteiger partial charge in [0, 0.05) is 19.4 Å². The number of rotatable bonds is 7. The number of unbranched alkanes of at least 4 members (excludes halogenated alkanes) is 2. The van der Waals surface area contributed by atoms with E-state index in [1.165, 1.54) is 0 Å². The molecule has 1 unspecified atom stereocenters. The van der Waals surface area contributed by atoms with Crippen LogP contribution in [-0.2, 0) is 18.9 Å². The zero-order valence-corrected chi connectivity index (χ0v) is 11.9. The number of hydrogen-bond donors (Lipinski definition) is 0. The molecule has 0 aromatic rings. The van der Waals surface area contributed by atoms with Crippen molar-refractivity contribution in [2.45, 2.75) is 44.7 Å². The monoisotopic (exact) mass is 279 g/mol. The Morgan fingerprint density at radius 2 is 2.10 bits per heavy atom. The first kappa shape index (κ1) is 15.3. The molecule has 5 heteroatoms. The lowest BCUT2D eigenvalue weighted by Gasteiger charge is -2.53. The zero-order chi connectivity index (χ0) is 14.5. The van der Waals surface area contributed by atoms with Gasteiger partial charge in [-0.2, -0.15) is 5.26 Å². The van der Waals surface area contributed by atoms with Crippen LogP contribution in [0.25, 0.3) is 0 Å². The average Bonchev–Trinajstić information content (AvgIpc) is 2.51. The second-order valence-electron chi connectivity index (χ2n) is 5.30. The molecule has 20 heavy (non-hydrogen) atoms. The molecule has 2 bridgehead atoms. The molecule has 5 nitrogen and oxygen atoms in total. The molecule has 0 radical (unpaired) electrons. The van der Waals surface area contributed by atoms with Crippen molar-refractivity contribution >= 4 is 0 Å². The van der Waals surface area contributed by atoms with Crippen molar-refractivity contribution in [3.63, 3.8) is 0 Å². The summed E-state index contributed by atoms with van der Waals surface area (Å²) in [5.41, 5.74) is -0.509. The zero-order valence-electron chi connectivity index (χ0n) is 11.9. The van der Waals surface area contributed by atoms with E-state index in [-0.39, 0.29) is 0 Å². The Hall–Kier alpha value is -1.11. The largest absolute Gasteiger partial charge is 0.381 e. The smallest absolute Gasteiger partial charge is 0.284 e. The lowest BCUT2D eigenvalue weighted by molar-refractivity contribution is -0.485. The molecule has 0 amide bonds. The van der Waals surface area contributed by atoms with Crippen molar-refractivity contribution in [2.24, 2.45) is 5.41 Å². The first-order valence-corrected chi connectivity index (χ1v) is 7.07. The van der Waals surface area contributed by atoms with Crippen LogP contribution in [0.5, 0.6) is 0 Å². The van der Waals surface area contributed by atoms with Crippen molar-refractivity contribution in [2.75, 3.05) is 26.4 Å². The Morgan fingerprint density at radius 1 is 1.35 bits per heavy atom. The standard InChI is InChI=1S/C15H21NO4/c1-3-5-6-7-8-15-18-11-14(12-19-15,10-17-4-2)13(9-16)20-15/h1,13H,4-8,10-12H2,2H3. The lowest BCUT2D eigenvalue weighted by Crippen LogP contribution is -2.65. The summed E-state index contributed by atoms with van der Waals surface area (Å²) in [6, 6.07) is 2.22. The Balaban J connectivity index is 1.96. The highest BCUT2D eigenvalue weighted by atomic mass is 16.9. The number of terminal acetylenes is 1. The fourth-order valence-electron chi connectivity index (χ4n) is 2.51. The maximum absolute atomic E-state index is 9.33. The predicted octanol–water partition coefficient (Wildman–Crippen LogP) is 1.83. The second-order valence-corrected chi connectivity index (χ2v) is 5.30. The van der Waals surface area contributed by atoms with E-state index in [9.17, 15) is 5.26 Å². The molecular weight excluding hydrogens is 258 g/mol. The van der Waals surface area contributed by atoms with Crippen LogP contribution in [0.4, 0.5) is 0 Å². The minimum Gasteiger partial charge on any atom is -0.381 e. The third-order valence-corrected chi connectivity index (χ3v) is 3.78. The van der Waals surface area contributed by atoms with Gasteiger partial charge in [-0.05, 0) is 19.8 Å². The minimum absolute atomic E-state index is 0.412. The van der Waals surface area contributed by atoms with Gasteiger partial charge in [0.15, 0.2) is 6.10 Å². The molecule has 3 heterocycles. The first-order valence-electron chi connectivity index (χ1n) is 7.07. The van der Waals surface area contributed by atoms with Gasteiger partial charge in [-0.3, -0.25) is 0 Å². The molecule has 0 aromatic heterocycles. The number of hydrogen-bond acceptors (Lipinski definition) is 5. The molecule has 110 valence electrons. The first-order chi connectivity index (χ1) is 9.70. The van der Waals surface area contributed by atoms with Gasteiger partial charge in [-0.1, -0.05) is 0 Å². The molecule has 0 aliphatic carbocycles. The quantitative estimate of drug-likeness (QED) is 0.525. The molecule has 3 fully saturated rings. The van der Waals surface area contributed by atoms with Gasteiger partial charge in [-0.15, -0.1) is 12.3 Å². The Kier molecular flexibility index (Phi) is 5.01. The number of nitriles is 1. The molecular formula is C15H21NO4. The molecule has 0 spiro atoms. The third kappa shape index (κ3) is 2.97. The molecule has 1 atom stereocenters. The minimum atomic E-state index is -1.07. The Bertz CT molecular complexity index is 401. The molecule has 3 aliphatic heterocycles. The van der Waals surface area contributed by atoms with Crippen molar-refractivity contribution in [1.29, 1.82) is 5.26 Å². The van der Waals surface area contributed by atoms with Gasteiger partial charge in [0.05, 0.1) is 31.3 Å². The maximum atomic E-state index is 9.33. The van der Waals surface area contributed by atoms with Gasteiger partial charge in [0.25, 0.3) is 5.97 Å². The second kappa shape index (κ2) is 6.56. The van der Waals surface area contributed by atoms with E-state index in [0.29, 0.717) is 32.8 Å². The van der Waals surface area contributed by atoms with Gasteiger partial charge >= 0.3 is 0 Å². The van der Waals surface area contributed by atoms with Crippen molar-refractivity contribution in [3.8, 4) is 18.4 Å². The van der Waals surface area contributed by atoms with Gasteiger partial charge in [0.1, 0.15) is 0 Å². The predicted molar refractivity (Wildman–Crippen MR) is 71.3 cm³/mol. The third-order valence-electron chi connectivity index (χ3n) is 3.78. The van der Waals surface area contributed by atoms with Crippen LogP contribution in [0.1, 0.15) is 32.6 Å². The SMILES string of the molecule is C#CCCCCC12OCC(COCC)(CO1)C(C#N)O2. The van der Waals surface area contributed by atoms with E-state index in [0.717, 1.165) is 19.3 Å². The number of fused-ring (bicyclic) bond motifs is 3. The van der Waals surface area contributed by atoms with Crippen LogP contribution in [-0.4, -0.2) is 38.5 Å². The topological polar surface area (TPSA) is 60.7 Å². The van der Waals surface area contributed by atoms with Crippen LogP contribution in [0.15, 0.2) is 0 Å². The molecule has 0 aromatic carbocycles.